The fourth-order valence-corrected chi connectivity index (χ4v) is 1.99. The Hall–Kier alpha value is -1.42. The van der Waals surface area contributed by atoms with E-state index in [0.717, 1.165) is 23.7 Å². The number of aromatic amines is 1. The number of nitrogens with zero attached hydrogens (tertiary/aromatic N) is 1. The summed E-state index contributed by atoms with van der Waals surface area (Å²) in [5.74, 6) is 1.07. The molecule has 1 aromatic carbocycles. The molecule has 0 amide bonds. The van der Waals surface area contributed by atoms with Crippen molar-refractivity contribution in [3.05, 3.63) is 47.8 Å². The zero-order chi connectivity index (χ0) is 11.2. The standard InChI is InChI=1S/C12H15N3S/c1-16-9-10-2-4-11(5-3-10)13-8-12-6-7-14-15-12/h2-7,13H,8-9H2,1H3,(H,14,15). The van der Waals surface area contributed by atoms with E-state index in [1.807, 2.05) is 17.8 Å². The van der Waals surface area contributed by atoms with Gasteiger partial charge in [0, 0.05) is 17.6 Å². The molecule has 4 heteroatoms. The third kappa shape index (κ3) is 3.03. The summed E-state index contributed by atoms with van der Waals surface area (Å²) < 4.78 is 0. The minimum atomic E-state index is 0.780. The van der Waals surface area contributed by atoms with Crippen molar-refractivity contribution in [2.24, 2.45) is 0 Å². The molecule has 0 bridgehead atoms. The van der Waals surface area contributed by atoms with Gasteiger partial charge in [-0.1, -0.05) is 12.1 Å². The van der Waals surface area contributed by atoms with E-state index < -0.39 is 0 Å². The minimum Gasteiger partial charge on any atom is -0.379 e. The van der Waals surface area contributed by atoms with Crippen LogP contribution in [0.1, 0.15) is 11.3 Å². The summed E-state index contributed by atoms with van der Waals surface area (Å²) in [6.07, 6.45) is 3.88. The highest BCUT2D eigenvalue weighted by molar-refractivity contribution is 7.97. The predicted molar refractivity (Wildman–Crippen MR) is 69.6 cm³/mol. The van der Waals surface area contributed by atoms with E-state index in [2.05, 4.69) is 46.0 Å². The van der Waals surface area contributed by atoms with Crippen molar-refractivity contribution < 1.29 is 0 Å². The maximum Gasteiger partial charge on any atom is 0.0567 e. The quantitative estimate of drug-likeness (QED) is 0.834. The first kappa shape index (κ1) is 11.1. The van der Waals surface area contributed by atoms with E-state index in [1.165, 1.54) is 5.56 Å². The molecule has 1 heterocycles. The lowest BCUT2D eigenvalue weighted by Crippen LogP contribution is -1.99. The molecule has 1 aromatic heterocycles. The van der Waals surface area contributed by atoms with Crippen molar-refractivity contribution >= 4 is 17.4 Å². The lowest BCUT2D eigenvalue weighted by atomic mass is 10.2. The molecule has 84 valence electrons. The Balaban J connectivity index is 1.90. The first-order valence-corrected chi connectivity index (χ1v) is 6.58. The molecule has 0 aliphatic heterocycles. The number of thioether (sulfide) groups is 1. The van der Waals surface area contributed by atoms with Gasteiger partial charge in [0.2, 0.25) is 0 Å². The summed E-state index contributed by atoms with van der Waals surface area (Å²) in [6.45, 7) is 0.780. The van der Waals surface area contributed by atoms with Crippen LogP contribution in [0.15, 0.2) is 36.5 Å². The first-order chi connectivity index (χ1) is 7.88. The van der Waals surface area contributed by atoms with Crippen molar-refractivity contribution in [3.8, 4) is 0 Å². The second kappa shape index (κ2) is 5.61. The molecule has 0 fully saturated rings. The number of anilines is 1. The summed E-state index contributed by atoms with van der Waals surface area (Å²) in [5.41, 5.74) is 3.59. The van der Waals surface area contributed by atoms with Crippen molar-refractivity contribution in [1.82, 2.24) is 10.2 Å². The molecule has 0 atom stereocenters. The fraction of sp³-hybridized carbons (Fsp3) is 0.250. The van der Waals surface area contributed by atoms with Crippen molar-refractivity contribution in [1.29, 1.82) is 0 Å². The third-order valence-corrected chi connectivity index (χ3v) is 2.93. The van der Waals surface area contributed by atoms with Gasteiger partial charge in [-0.3, -0.25) is 5.10 Å². The van der Waals surface area contributed by atoms with Crippen LogP contribution in [0.2, 0.25) is 0 Å². The van der Waals surface area contributed by atoms with Gasteiger partial charge in [0.25, 0.3) is 0 Å². The molecule has 0 aliphatic carbocycles. The van der Waals surface area contributed by atoms with Gasteiger partial charge >= 0.3 is 0 Å². The highest BCUT2D eigenvalue weighted by atomic mass is 32.2. The Labute approximate surface area is 99.7 Å². The normalized spacial score (nSPS) is 10.3. The van der Waals surface area contributed by atoms with Gasteiger partial charge in [-0.2, -0.15) is 16.9 Å². The molecule has 3 nitrogen and oxygen atoms in total. The van der Waals surface area contributed by atoms with Gasteiger partial charge in [-0.25, -0.2) is 0 Å². The lowest BCUT2D eigenvalue weighted by Gasteiger charge is -2.05. The van der Waals surface area contributed by atoms with E-state index in [4.69, 9.17) is 0 Å². The zero-order valence-electron chi connectivity index (χ0n) is 9.23. The molecule has 0 aliphatic rings. The molecule has 0 saturated heterocycles. The number of hydrogen-bond acceptors (Lipinski definition) is 3. The van der Waals surface area contributed by atoms with Crippen LogP contribution in [0.3, 0.4) is 0 Å². The van der Waals surface area contributed by atoms with Gasteiger partial charge < -0.3 is 5.32 Å². The number of hydrogen-bond donors (Lipinski definition) is 2. The van der Waals surface area contributed by atoms with Crippen molar-refractivity contribution in [3.63, 3.8) is 0 Å². The highest BCUT2D eigenvalue weighted by Gasteiger charge is 1.95. The van der Waals surface area contributed by atoms with E-state index in [1.54, 1.807) is 6.20 Å². The van der Waals surface area contributed by atoms with Crippen molar-refractivity contribution in [2.45, 2.75) is 12.3 Å². The SMILES string of the molecule is CSCc1ccc(NCc2ccn[nH]2)cc1. The van der Waals surface area contributed by atoms with E-state index in [0.29, 0.717) is 0 Å². The van der Waals surface area contributed by atoms with Crippen LogP contribution >= 0.6 is 11.8 Å². The average molecular weight is 233 g/mol. The van der Waals surface area contributed by atoms with Crippen molar-refractivity contribution in [2.75, 3.05) is 11.6 Å². The Morgan fingerprint density at radius 3 is 2.69 bits per heavy atom. The molecule has 0 saturated carbocycles. The predicted octanol–water partition coefficient (Wildman–Crippen LogP) is 2.88. The van der Waals surface area contributed by atoms with E-state index >= 15 is 0 Å². The van der Waals surface area contributed by atoms with Gasteiger partial charge in [0.15, 0.2) is 0 Å². The molecular weight excluding hydrogens is 218 g/mol. The first-order valence-electron chi connectivity index (χ1n) is 5.18. The number of nitrogens with one attached hydrogen (secondary N) is 2. The molecule has 0 unspecified atom stereocenters. The summed E-state index contributed by atoms with van der Waals surface area (Å²) in [5, 5.41) is 10.2. The Kier molecular flexibility index (Phi) is 3.88. The maximum absolute atomic E-state index is 3.91. The van der Waals surface area contributed by atoms with E-state index in [-0.39, 0.29) is 0 Å². The average Bonchev–Trinajstić information content (AvgIpc) is 2.82. The molecular formula is C12H15N3S. The van der Waals surface area contributed by atoms with Gasteiger partial charge in [0.1, 0.15) is 0 Å². The fourth-order valence-electron chi connectivity index (χ4n) is 1.47. The van der Waals surface area contributed by atoms with Gasteiger partial charge in [-0.05, 0) is 30.0 Å². The van der Waals surface area contributed by atoms with Crippen LogP contribution in [0.25, 0.3) is 0 Å². The summed E-state index contributed by atoms with van der Waals surface area (Å²) in [6, 6.07) is 10.5. The van der Waals surface area contributed by atoms with Gasteiger partial charge in [-0.15, -0.1) is 0 Å². The summed E-state index contributed by atoms with van der Waals surface area (Å²) in [7, 11) is 0. The van der Waals surface area contributed by atoms with Crippen LogP contribution < -0.4 is 5.32 Å². The summed E-state index contributed by atoms with van der Waals surface area (Å²) >= 11 is 1.84. The van der Waals surface area contributed by atoms with Gasteiger partial charge in [0.05, 0.1) is 12.2 Å². The highest BCUT2D eigenvalue weighted by Crippen LogP contribution is 2.14. The second-order valence-corrected chi connectivity index (χ2v) is 4.43. The molecule has 2 rings (SSSR count). The zero-order valence-corrected chi connectivity index (χ0v) is 10.1. The summed E-state index contributed by atoms with van der Waals surface area (Å²) in [4.78, 5) is 0. The molecule has 2 N–H and O–H groups in total. The van der Waals surface area contributed by atoms with E-state index in [9.17, 15) is 0 Å². The van der Waals surface area contributed by atoms with Crippen LogP contribution in [-0.2, 0) is 12.3 Å². The molecule has 0 radical (unpaired) electrons. The number of H-pyrrole nitrogens is 1. The topological polar surface area (TPSA) is 40.7 Å². The monoisotopic (exact) mass is 233 g/mol. The molecule has 0 spiro atoms. The van der Waals surface area contributed by atoms with Crippen LogP contribution in [0.4, 0.5) is 5.69 Å². The Morgan fingerprint density at radius 1 is 1.25 bits per heavy atom. The Morgan fingerprint density at radius 2 is 2.06 bits per heavy atom. The maximum atomic E-state index is 3.91. The van der Waals surface area contributed by atoms with Crippen LogP contribution in [-0.4, -0.2) is 16.5 Å². The smallest absolute Gasteiger partial charge is 0.0567 e. The number of benzene rings is 1. The van der Waals surface area contributed by atoms with Crippen LogP contribution in [0, 0.1) is 0 Å². The third-order valence-electron chi connectivity index (χ3n) is 2.31. The number of aromatic nitrogens is 2. The largest absolute Gasteiger partial charge is 0.379 e. The minimum absolute atomic E-state index is 0.780. The van der Waals surface area contributed by atoms with Crippen LogP contribution in [0.5, 0.6) is 0 Å². The molecule has 2 aromatic rings. The Bertz CT molecular complexity index is 408. The second-order valence-electron chi connectivity index (χ2n) is 3.57. The molecule has 16 heavy (non-hydrogen) atoms. The number of rotatable bonds is 5. The lowest BCUT2D eigenvalue weighted by molar-refractivity contribution is 0.981.